The van der Waals surface area contributed by atoms with Gasteiger partial charge in [-0.05, 0) is 40.5 Å². The number of ether oxygens (including phenoxy) is 1. The van der Waals surface area contributed by atoms with E-state index >= 15 is 0 Å². The fourth-order valence-corrected chi connectivity index (χ4v) is 3.98. The van der Waals surface area contributed by atoms with E-state index in [1.54, 1.807) is 0 Å². The fraction of sp³-hybridized carbons (Fsp3) is 0.185. The lowest BCUT2D eigenvalue weighted by Crippen LogP contribution is -2.26. The van der Waals surface area contributed by atoms with Crippen LogP contribution in [0.25, 0.3) is 11.1 Å². The number of hydrogen-bond donors (Lipinski definition) is 1. The summed E-state index contributed by atoms with van der Waals surface area (Å²) in [7, 11) is 0. The summed E-state index contributed by atoms with van der Waals surface area (Å²) in [6, 6.07) is 18.8. The molecule has 0 heterocycles. The number of carbonyl (C=O) groups is 2. The van der Waals surface area contributed by atoms with Crippen LogP contribution in [0.1, 0.15) is 45.0 Å². The predicted molar refractivity (Wildman–Crippen MR) is 121 cm³/mol. The minimum Gasteiger partial charge on any atom is -0.449 e. The molecular weight excluding hydrogens is 443 g/mol. The standard InChI is InChI=1S/C27H20F3NO3/c28-27(29,30)20-13-12-19(16-32)18(15-20)7-5-6-14-31-26(33)34-17-25-23-10-3-1-8-21(23)22-9-2-4-11-24(22)25/h1-4,8-13,15-16,25H,6,14,17H2,(H,31,33). The maximum atomic E-state index is 12.9. The summed E-state index contributed by atoms with van der Waals surface area (Å²) in [6.45, 7) is 0.331. The number of halogens is 3. The van der Waals surface area contributed by atoms with Crippen LogP contribution in [0.4, 0.5) is 18.0 Å². The first-order valence-electron chi connectivity index (χ1n) is 10.6. The molecule has 0 radical (unpaired) electrons. The van der Waals surface area contributed by atoms with Gasteiger partial charge in [0.2, 0.25) is 0 Å². The molecule has 4 nitrogen and oxygen atoms in total. The number of hydrogen-bond acceptors (Lipinski definition) is 3. The van der Waals surface area contributed by atoms with Crippen molar-refractivity contribution in [2.45, 2.75) is 18.5 Å². The van der Waals surface area contributed by atoms with E-state index in [1.807, 2.05) is 48.5 Å². The highest BCUT2D eigenvalue weighted by atomic mass is 19.4. The second-order valence-corrected chi connectivity index (χ2v) is 7.72. The molecule has 0 saturated carbocycles. The Labute approximate surface area is 194 Å². The number of benzene rings is 3. The van der Waals surface area contributed by atoms with Crippen molar-refractivity contribution in [1.82, 2.24) is 5.32 Å². The topological polar surface area (TPSA) is 55.4 Å². The number of fused-ring (bicyclic) bond motifs is 3. The van der Waals surface area contributed by atoms with Gasteiger partial charge in [0.05, 0.1) is 5.56 Å². The van der Waals surface area contributed by atoms with E-state index in [4.69, 9.17) is 4.74 Å². The number of alkyl carbamates (subject to hydrolysis) is 1. The van der Waals surface area contributed by atoms with Gasteiger partial charge in [-0.2, -0.15) is 13.2 Å². The van der Waals surface area contributed by atoms with Gasteiger partial charge in [-0.1, -0.05) is 60.4 Å². The zero-order valence-electron chi connectivity index (χ0n) is 18.0. The van der Waals surface area contributed by atoms with Crippen LogP contribution in [0.3, 0.4) is 0 Å². The van der Waals surface area contributed by atoms with Crippen molar-refractivity contribution in [1.29, 1.82) is 0 Å². The maximum absolute atomic E-state index is 12.9. The van der Waals surface area contributed by atoms with E-state index in [1.165, 1.54) is 0 Å². The second-order valence-electron chi connectivity index (χ2n) is 7.72. The third kappa shape index (κ3) is 4.96. The fourth-order valence-electron chi connectivity index (χ4n) is 3.98. The largest absolute Gasteiger partial charge is 0.449 e. The molecule has 1 N–H and O–H groups in total. The Kier molecular flexibility index (Phi) is 6.69. The third-order valence-electron chi connectivity index (χ3n) is 5.59. The smallest absolute Gasteiger partial charge is 0.416 e. The minimum absolute atomic E-state index is 0.00837. The third-order valence-corrected chi connectivity index (χ3v) is 5.59. The van der Waals surface area contributed by atoms with Crippen LogP contribution in [0.2, 0.25) is 0 Å². The van der Waals surface area contributed by atoms with Crippen molar-refractivity contribution in [3.8, 4) is 23.0 Å². The van der Waals surface area contributed by atoms with E-state index in [-0.39, 0.29) is 36.6 Å². The number of rotatable bonds is 5. The average Bonchev–Trinajstić information content (AvgIpc) is 3.15. The van der Waals surface area contributed by atoms with Gasteiger partial charge in [0.15, 0.2) is 6.29 Å². The Bertz CT molecular complexity index is 1240. The SMILES string of the molecule is O=Cc1ccc(C(F)(F)F)cc1C#CCCNC(=O)OCC1c2ccccc2-c2ccccc21. The van der Waals surface area contributed by atoms with Gasteiger partial charge in [-0.25, -0.2) is 4.79 Å². The Morgan fingerprint density at radius 3 is 2.26 bits per heavy atom. The molecule has 1 amide bonds. The van der Waals surface area contributed by atoms with Crippen LogP contribution in [0.5, 0.6) is 0 Å². The Morgan fingerprint density at radius 1 is 1.00 bits per heavy atom. The quantitative estimate of drug-likeness (QED) is 0.296. The molecule has 3 aromatic rings. The van der Waals surface area contributed by atoms with Crippen molar-refractivity contribution in [3.63, 3.8) is 0 Å². The summed E-state index contributed by atoms with van der Waals surface area (Å²) < 4.78 is 44.1. The van der Waals surface area contributed by atoms with E-state index < -0.39 is 17.8 Å². The highest BCUT2D eigenvalue weighted by molar-refractivity contribution is 5.80. The molecule has 0 unspecified atom stereocenters. The Balaban J connectivity index is 1.31. The summed E-state index contributed by atoms with van der Waals surface area (Å²) in [5.74, 6) is 5.21. The lowest BCUT2D eigenvalue weighted by atomic mass is 9.98. The number of alkyl halides is 3. The average molecular weight is 463 g/mol. The first kappa shape index (κ1) is 23.1. The van der Waals surface area contributed by atoms with Crippen LogP contribution in [-0.4, -0.2) is 25.5 Å². The highest BCUT2D eigenvalue weighted by Gasteiger charge is 2.31. The molecule has 34 heavy (non-hydrogen) atoms. The van der Waals surface area contributed by atoms with Crippen molar-refractivity contribution in [2.75, 3.05) is 13.2 Å². The van der Waals surface area contributed by atoms with E-state index in [0.717, 1.165) is 40.5 Å². The Morgan fingerprint density at radius 2 is 1.65 bits per heavy atom. The molecule has 4 rings (SSSR count). The molecule has 0 fully saturated rings. The van der Waals surface area contributed by atoms with Crippen molar-refractivity contribution < 1.29 is 27.5 Å². The van der Waals surface area contributed by atoms with Crippen molar-refractivity contribution in [2.24, 2.45) is 0 Å². The Hall–Kier alpha value is -4.05. The van der Waals surface area contributed by atoms with Crippen LogP contribution in [-0.2, 0) is 10.9 Å². The monoisotopic (exact) mass is 463 g/mol. The van der Waals surface area contributed by atoms with E-state index in [2.05, 4.69) is 17.2 Å². The van der Waals surface area contributed by atoms with Gasteiger partial charge in [-0.3, -0.25) is 4.79 Å². The normalized spacial score (nSPS) is 12.2. The lowest BCUT2D eigenvalue weighted by molar-refractivity contribution is -0.137. The van der Waals surface area contributed by atoms with Crippen LogP contribution in [0.15, 0.2) is 66.7 Å². The van der Waals surface area contributed by atoms with Crippen molar-refractivity contribution in [3.05, 3.63) is 94.5 Å². The maximum Gasteiger partial charge on any atom is 0.416 e. The molecule has 7 heteroatoms. The lowest BCUT2D eigenvalue weighted by Gasteiger charge is -2.14. The molecular formula is C27H20F3NO3. The van der Waals surface area contributed by atoms with Gasteiger partial charge in [0, 0.05) is 30.0 Å². The molecule has 0 aromatic heterocycles. The zero-order valence-corrected chi connectivity index (χ0v) is 18.0. The summed E-state index contributed by atoms with van der Waals surface area (Å²) in [4.78, 5) is 23.2. The number of aldehydes is 1. The van der Waals surface area contributed by atoms with Crippen LogP contribution in [0, 0.1) is 11.8 Å². The molecule has 0 atom stereocenters. The van der Waals surface area contributed by atoms with Crippen LogP contribution >= 0.6 is 0 Å². The molecule has 3 aromatic carbocycles. The summed E-state index contributed by atoms with van der Waals surface area (Å²) in [6.07, 6.45) is -4.49. The predicted octanol–water partition coefficient (Wildman–Crippen LogP) is 5.80. The minimum atomic E-state index is -4.52. The summed E-state index contributed by atoms with van der Waals surface area (Å²) in [5, 5.41) is 2.59. The first-order chi connectivity index (χ1) is 16.4. The van der Waals surface area contributed by atoms with Crippen molar-refractivity contribution >= 4 is 12.4 Å². The molecule has 0 spiro atoms. The second kappa shape index (κ2) is 9.84. The van der Waals surface area contributed by atoms with Gasteiger partial charge < -0.3 is 10.1 Å². The van der Waals surface area contributed by atoms with Gasteiger partial charge in [-0.15, -0.1) is 0 Å². The highest BCUT2D eigenvalue weighted by Crippen LogP contribution is 2.44. The van der Waals surface area contributed by atoms with E-state index in [9.17, 15) is 22.8 Å². The first-order valence-corrected chi connectivity index (χ1v) is 10.6. The summed E-state index contributed by atoms with van der Waals surface area (Å²) in [5.41, 5.74) is 3.66. The van der Waals surface area contributed by atoms with Gasteiger partial charge in [0.25, 0.3) is 0 Å². The molecule has 1 aliphatic rings. The van der Waals surface area contributed by atoms with Crippen LogP contribution < -0.4 is 5.32 Å². The number of amides is 1. The van der Waals surface area contributed by atoms with E-state index in [0.29, 0.717) is 6.29 Å². The molecule has 0 saturated heterocycles. The number of carbonyl (C=O) groups excluding carboxylic acids is 2. The zero-order chi connectivity index (χ0) is 24.1. The van der Waals surface area contributed by atoms with Gasteiger partial charge >= 0.3 is 12.3 Å². The summed E-state index contributed by atoms with van der Waals surface area (Å²) >= 11 is 0. The van der Waals surface area contributed by atoms with Gasteiger partial charge in [0.1, 0.15) is 6.61 Å². The number of nitrogens with one attached hydrogen (secondary N) is 1. The molecule has 0 bridgehead atoms. The molecule has 172 valence electrons. The molecule has 1 aliphatic carbocycles. The molecule has 0 aliphatic heterocycles.